The molecule has 1 aromatic rings. The first-order valence-corrected chi connectivity index (χ1v) is 4.93. The fraction of sp³-hybridized carbons (Fsp3) is 0.500. The number of Topliss-reactive ketones (excluding diaryl/α,β-unsaturated/α-hetero) is 1. The molecule has 1 aromatic heterocycles. The highest BCUT2D eigenvalue weighted by atomic mass is 79.9. The maximum atomic E-state index is 12.3. The SMILES string of the molecule is CC(=O)C(Br)n1nc(C(F)(F)F)cc1C. The molecule has 1 heterocycles. The van der Waals surface area contributed by atoms with Gasteiger partial charge in [-0.25, -0.2) is 4.68 Å². The summed E-state index contributed by atoms with van der Waals surface area (Å²) in [6, 6.07) is 0.900. The summed E-state index contributed by atoms with van der Waals surface area (Å²) in [5.74, 6) is -0.310. The van der Waals surface area contributed by atoms with E-state index in [9.17, 15) is 18.0 Å². The minimum Gasteiger partial charge on any atom is -0.297 e. The van der Waals surface area contributed by atoms with Crippen molar-refractivity contribution in [2.24, 2.45) is 0 Å². The fourth-order valence-corrected chi connectivity index (χ4v) is 1.44. The highest BCUT2D eigenvalue weighted by Gasteiger charge is 2.35. The van der Waals surface area contributed by atoms with Crippen molar-refractivity contribution in [1.82, 2.24) is 9.78 Å². The van der Waals surface area contributed by atoms with Gasteiger partial charge in [0.05, 0.1) is 0 Å². The van der Waals surface area contributed by atoms with Crippen LogP contribution in [0.4, 0.5) is 13.2 Å². The number of alkyl halides is 4. The van der Waals surface area contributed by atoms with E-state index in [0.717, 1.165) is 10.7 Å². The van der Waals surface area contributed by atoms with E-state index in [0.29, 0.717) is 0 Å². The number of rotatable bonds is 2. The van der Waals surface area contributed by atoms with Gasteiger partial charge in [0.15, 0.2) is 16.4 Å². The van der Waals surface area contributed by atoms with Crippen molar-refractivity contribution in [3.63, 3.8) is 0 Å². The van der Waals surface area contributed by atoms with Gasteiger partial charge in [0.2, 0.25) is 0 Å². The standard InChI is InChI=1S/C8H8BrF3N2O/c1-4-3-6(8(10,11)12)13-14(4)7(9)5(2)15/h3,7H,1-2H3. The molecule has 0 saturated heterocycles. The Kier molecular flexibility index (Phi) is 3.22. The Bertz CT molecular complexity index is 386. The summed E-state index contributed by atoms with van der Waals surface area (Å²) in [6.45, 7) is 2.73. The summed E-state index contributed by atoms with van der Waals surface area (Å²) in [6.07, 6.45) is -4.49. The van der Waals surface area contributed by atoms with Crippen molar-refractivity contribution >= 4 is 21.7 Å². The van der Waals surface area contributed by atoms with Crippen molar-refractivity contribution in [2.75, 3.05) is 0 Å². The van der Waals surface area contributed by atoms with E-state index in [1.165, 1.54) is 13.8 Å². The molecule has 0 aliphatic heterocycles. The monoisotopic (exact) mass is 284 g/mol. The summed E-state index contributed by atoms with van der Waals surface area (Å²) >= 11 is 2.96. The highest BCUT2D eigenvalue weighted by Crippen LogP contribution is 2.30. The lowest BCUT2D eigenvalue weighted by Crippen LogP contribution is -2.15. The quantitative estimate of drug-likeness (QED) is 0.783. The molecule has 7 heteroatoms. The van der Waals surface area contributed by atoms with Gasteiger partial charge in [0.1, 0.15) is 0 Å². The average Bonchev–Trinajstić information content (AvgIpc) is 2.45. The lowest BCUT2D eigenvalue weighted by Gasteiger charge is -2.08. The number of nitrogens with zero attached hydrogens (tertiary/aromatic N) is 2. The number of hydrogen-bond donors (Lipinski definition) is 0. The Hall–Kier alpha value is -0.850. The number of halogens is 4. The van der Waals surface area contributed by atoms with Gasteiger partial charge >= 0.3 is 6.18 Å². The number of carbonyl (C=O) groups is 1. The van der Waals surface area contributed by atoms with Gasteiger partial charge in [-0.2, -0.15) is 18.3 Å². The van der Waals surface area contributed by atoms with Crippen LogP contribution in [0.15, 0.2) is 6.07 Å². The van der Waals surface area contributed by atoms with Crippen molar-refractivity contribution in [3.05, 3.63) is 17.5 Å². The molecule has 0 N–H and O–H groups in total. The Morgan fingerprint density at radius 1 is 1.60 bits per heavy atom. The van der Waals surface area contributed by atoms with E-state index in [4.69, 9.17) is 0 Å². The smallest absolute Gasteiger partial charge is 0.297 e. The molecule has 0 aliphatic rings. The molecule has 3 nitrogen and oxygen atoms in total. The van der Waals surface area contributed by atoms with E-state index in [1.54, 1.807) is 0 Å². The molecule has 0 saturated carbocycles. The minimum absolute atomic E-state index is 0.277. The Morgan fingerprint density at radius 3 is 2.47 bits per heavy atom. The van der Waals surface area contributed by atoms with Crippen molar-refractivity contribution in [1.29, 1.82) is 0 Å². The molecule has 1 rings (SSSR count). The molecule has 0 radical (unpaired) electrons. The third kappa shape index (κ3) is 2.58. The maximum absolute atomic E-state index is 12.3. The van der Waals surface area contributed by atoms with Gasteiger partial charge in [0, 0.05) is 5.69 Å². The van der Waals surface area contributed by atoms with Crippen molar-refractivity contribution in [3.8, 4) is 0 Å². The topological polar surface area (TPSA) is 34.9 Å². The third-order valence-corrected chi connectivity index (χ3v) is 2.80. The fourth-order valence-electron chi connectivity index (χ4n) is 1.03. The second-order valence-electron chi connectivity index (χ2n) is 3.06. The van der Waals surface area contributed by atoms with Gasteiger partial charge in [-0.1, -0.05) is 15.9 Å². The molecular formula is C8H8BrF3N2O. The summed E-state index contributed by atoms with van der Waals surface area (Å²) in [7, 11) is 0. The zero-order valence-electron chi connectivity index (χ0n) is 7.97. The summed E-state index contributed by atoms with van der Waals surface area (Å²) in [4.78, 5) is 10.1. The first kappa shape index (κ1) is 12.2. The molecule has 84 valence electrons. The van der Waals surface area contributed by atoms with Gasteiger partial charge in [-0.05, 0) is 19.9 Å². The van der Waals surface area contributed by atoms with Crippen molar-refractivity contribution in [2.45, 2.75) is 25.0 Å². The molecule has 0 spiro atoms. The maximum Gasteiger partial charge on any atom is 0.435 e. The zero-order chi connectivity index (χ0) is 11.8. The summed E-state index contributed by atoms with van der Waals surface area (Å²) < 4.78 is 37.8. The van der Waals surface area contributed by atoms with Gasteiger partial charge in [-0.15, -0.1) is 0 Å². The van der Waals surface area contributed by atoms with Gasteiger partial charge < -0.3 is 0 Å². The molecule has 0 aliphatic carbocycles. The van der Waals surface area contributed by atoms with Crippen LogP contribution in [-0.2, 0) is 11.0 Å². The molecule has 0 fully saturated rings. The van der Waals surface area contributed by atoms with Crippen LogP contribution in [0, 0.1) is 6.92 Å². The third-order valence-electron chi connectivity index (χ3n) is 1.76. The van der Waals surface area contributed by atoms with E-state index >= 15 is 0 Å². The number of carbonyl (C=O) groups excluding carboxylic acids is 1. The molecule has 1 atom stereocenters. The van der Waals surface area contributed by atoms with E-state index < -0.39 is 16.8 Å². The molecule has 0 amide bonds. The average molecular weight is 285 g/mol. The molecule has 0 aromatic carbocycles. The Morgan fingerprint density at radius 2 is 2.13 bits per heavy atom. The normalized spacial score (nSPS) is 14.0. The van der Waals surface area contributed by atoms with E-state index in [1.807, 2.05) is 0 Å². The molecule has 0 bridgehead atoms. The second-order valence-corrected chi connectivity index (χ2v) is 3.93. The van der Waals surface area contributed by atoms with Crippen LogP contribution in [0.2, 0.25) is 0 Å². The molecular weight excluding hydrogens is 277 g/mol. The van der Waals surface area contributed by atoms with Crippen LogP contribution in [0.3, 0.4) is 0 Å². The van der Waals surface area contributed by atoms with Crippen molar-refractivity contribution < 1.29 is 18.0 Å². The highest BCUT2D eigenvalue weighted by molar-refractivity contribution is 9.09. The summed E-state index contributed by atoms with van der Waals surface area (Å²) in [5, 5.41) is 3.33. The number of hydrogen-bond acceptors (Lipinski definition) is 2. The number of aryl methyl sites for hydroxylation is 1. The number of ketones is 1. The van der Waals surface area contributed by atoms with Crippen LogP contribution < -0.4 is 0 Å². The van der Waals surface area contributed by atoms with Crippen LogP contribution in [0.5, 0.6) is 0 Å². The van der Waals surface area contributed by atoms with E-state index in [-0.39, 0.29) is 11.5 Å². The largest absolute Gasteiger partial charge is 0.435 e. The summed E-state index contributed by atoms with van der Waals surface area (Å²) in [5.41, 5.74) is -0.717. The van der Waals surface area contributed by atoms with Crippen LogP contribution in [0.25, 0.3) is 0 Å². The van der Waals surface area contributed by atoms with Crippen LogP contribution in [-0.4, -0.2) is 15.6 Å². The molecule has 15 heavy (non-hydrogen) atoms. The zero-order valence-corrected chi connectivity index (χ0v) is 9.56. The van der Waals surface area contributed by atoms with Crippen LogP contribution in [0.1, 0.15) is 23.3 Å². The predicted octanol–water partition coefficient (Wildman–Crippen LogP) is 2.69. The predicted molar refractivity (Wildman–Crippen MR) is 50.6 cm³/mol. The minimum atomic E-state index is -4.49. The lowest BCUT2D eigenvalue weighted by molar-refractivity contribution is -0.141. The first-order chi connectivity index (χ1) is 6.73. The van der Waals surface area contributed by atoms with Gasteiger partial charge in [-0.3, -0.25) is 4.79 Å². The second kappa shape index (κ2) is 3.96. The first-order valence-electron chi connectivity index (χ1n) is 4.01. The van der Waals surface area contributed by atoms with Crippen LogP contribution >= 0.6 is 15.9 Å². The lowest BCUT2D eigenvalue weighted by atomic mass is 10.3. The van der Waals surface area contributed by atoms with E-state index in [2.05, 4.69) is 21.0 Å². The number of aromatic nitrogens is 2. The Balaban J connectivity index is 3.12. The molecule has 1 unspecified atom stereocenters. The van der Waals surface area contributed by atoms with Gasteiger partial charge in [0.25, 0.3) is 0 Å². The Labute approximate surface area is 92.4 Å².